The van der Waals surface area contributed by atoms with E-state index < -0.39 is 0 Å². The van der Waals surface area contributed by atoms with Crippen LogP contribution in [0.1, 0.15) is 144 Å². The molecular weight excluding hydrogens is 502 g/mol. The maximum atomic E-state index is 12.8. The largest absolute Gasteiger partial charge is 0.330 e. The van der Waals surface area contributed by atoms with Crippen molar-refractivity contribution in [2.24, 2.45) is 62.9 Å². The van der Waals surface area contributed by atoms with Crippen molar-refractivity contribution in [2.75, 3.05) is 6.54 Å². The van der Waals surface area contributed by atoms with Crippen LogP contribution in [0.25, 0.3) is 0 Å². The van der Waals surface area contributed by atoms with Gasteiger partial charge in [-0.25, -0.2) is 0 Å². The number of carbonyl (C=O) groups is 2. The molecule has 0 radical (unpaired) electrons. The monoisotopic (exact) mass is 561 g/mol. The summed E-state index contributed by atoms with van der Waals surface area (Å²) >= 11 is 5.76. The summed E-state index contributed by atoms with van der Waals surface area (Å²) in [5.74, 6) is 5.82. The third kappa shape index (κ3) is 8.12. The third-order valence-electron chi connectivity index (χ3n) is 11.3. The van der Waals surface area contributed by atoms with Crippen LogP contribution in [0.3, 0.4) is 0 Å². The van der Waals surface area contributed by atoms with Gasteiger partial charge in [-0.2, -0.15) is 0 Å². The molecule has 8 rings (SSSR count). The zero-order valence-electron chi connectivity index (χ0n) is 26.3. The highest BCUT2D eigenvalue weighted by Crippen LogP contribution is 2.61. The van der Waals surface area contributed by atoms with Gasteiger partial charge in [-0.15, -0.1) is 0 Å². The van der Waals surface area contributed by atoms with Crippen molar-refractivity contribution in [1.29, 1.82) is 0 Å². The molecule has 0 unspecified atom stereocenters. The minimum absolute atomic E-state index is 0.0356. The second-order valence-corrected chi connectivity index (χ2v) is 17.9. The molecule has 0 aromatic heterocycles. The quantitative estimate of drug-likeness (QED) is 0.328. The Morgan fingerprint density at radius 1 is 0.641 bits per heavy atom. The number of Topliss-reactive ketones (excluding diaryl/α,β-unsaturated/α-hetero) is 1. The topological polar surface area (TPSA) is 60.2 Å². The smallest absolute Gasteiger partial charge is 0.227 e. The first kappa shape index (κ1) is 31.5. The van der Waals surface area contributed by atoms with Crippen molar-refractivity contribution in [1.82, 2.24) is 0 Å². The Morgan fingerprint density at radius 2 is 0.974 bits per heavy atom. The molecule has 8 fully saturated rings. The first-order valence-electron chi connectivity index (χ1n) is 16.5. The van der Waals surface area contributed by atoms with Crippen molar-refractivity contribution in [2.45, 2.75) is 144 Å². The van der Waals surface area contributed by atoms with Crippen LogP contribution in [0.2, 0.25) is 0 Å². The van der Waals surface area contributed by atoms with Gasteiger partial charge in [0.15, 0.2) is 0 Å². The third-order valence-corrected chi connectivity index (χ3v) is 11.7. The van der Waals surface area contributed by atoms with Crippen LogP contribution in [-0.4, -0.2) is 17.6 Å². The highest BCUT2D eigenvalue weighted by atomic mass is 35.5. The molecule has 8 aliphatic rings. The summed E-state index contributed by atoms with van der Waals surface area (Å²) in [4.78, 5) is 24.2. The summed E-state index contributed by atoms with van der Waals surface area (Å²) in [6.45, 7) is 14.2. The number of carbonyl (C=O) groups excluding carboxylic acids is 2. The van der Waals surface area contributed by atoms with Gasteiger partial charge in [0.25, 0.3) is 0 Å². The predicted molar refractivity (Wildman–Crippen MR) is 164 cm³/mol. The molecule has 0 aliphatic heterocycles. The predicted octanol–water partition coefficient (Wildman–Crippen LogP) is 9.34. The summed E-state index contributed by atoms with van der Waals surface area (Å²) in [5, 5.41) is -0.0356. The van der Waals surface area contributed by atoms with Crippen molar-refractivity contribution in [3.05, 3.63) is 0 Å². The molecule has 0 amide bonds. The van der Waals surface area contributed by atoms with Crippen LogP contribution >= 0.6 is 11.6 Å². The minimum Gasteiger partial charge on any atom is -0.330 e. The SMILES string of the molecule is CC(C)(C)CCCC(=O)C12CC3CC(CC(C3)C1)C2.CC(C)(C)CCN.O=C(Cl)C12CC3CC(CC(C3)C1)C2. The van der Waals surface area contributed by atoms with Crippen molar-refractivity contribution in [3.8, 4) is 0 Å². The van der Waals surface area contributed by atoms with E-state index in [0.29, 0.717) is 16.6 Å². The Morgan fingerprint density at radius 3 is 1.23 bits per heavy atom. The van der Waals surface area contributed by atoms with E-state index in [-0.39, 0.29) is 16.1 Å². The molecule has 8 aliphatic carbocycles. The van der Waals surface area contributed by atoms with E-state index in [9.17, 15) is 9.59 Å². The molecule has 0 spiro atoms. The van der Waals surface area contributed by atoms with Gasteiger partial charge in [0.2, 0.25) is 5.24 Å². The van der Waals surface area contributed by atoms with E-state index in [1.807, 2.05) is 0 Å². The molecule has 4 heteroatoms. The van der Waals surface area contributed by atoms with E-state index in [0.717, 1.165) is 80.6 Å². The number of hydrogen-bond donors (Lipinski definition) is 1. The molecule has 39 heavy (non-hydrogen) atoms. The number of halogens is 1. The normalized spacial score (nSPS) is 39.5. The van der Waals surface area contributed by atoms with Gasteiger partial charge in [0.05, 0.1) is 0 Å². The molecular formula is C35H60ClNO2. The minimum atomic E-state index is -0.0731. The standard InChI is InChI=1S/C18H30O.C11H15ClO.C6H15N/c1-17(2,3)6-4-5-16(19)18-10-13-7-14(11-18)9-15(8-13)12-18;12-10(13)11-4-7-1-8(5-11)3-9(2-7)6-11;1-6(2,3)4-5-7/h13-15H,4-12H2,1-3H3;7-9H,1-6H2;4-5,7H2,1-3H3. The van der Waals surface area contributed by atoms with Gasteiger partial charge in [-0.1, -0.05) is 41.5 Å². The van der Waals surface area contributed by atoms with E-state index in [1.165, 1.54) is 64.2 Å². The lowest BCUT2D eigenvalue weighted by Gasteiger charge is -2.56. The molecule has 0 heterocycles. The summed E-state index contributed by atoms with van der Waals surface area (Å²) < 4.78 is 0. The van der Waals surface area contributed by atoms with E-state index in [2.05, 4.69) is 41.5 Å². The first-order valence-corrected chi connectivity index (χ1v) is 16.9. The molecule has 2 N–H and O–H groups in total. The van der Waals surface area contributed by atoms with Gasteiger partial charge < -0.3 is 5.73 Å². The lowest BCUT2D eigenvalue weighted by molar-refractivity contribution is -0.144. The molecule has 224 valence electrons. The Bertz CT molecular complexity index is 792. The van der Waals surface area contributed by atoms with Gasteiger partial charge in [0.1, 0.15) is 5.78 Å². The van der Waals surface area contributed by atoms with Crippen molar-refractivity contribution >= 4 is 22.6 Å². The first-order chi connectivity index (χ1) is 18.1. The van der Waals surface area contributed by atoms with E-state index >= 15 is 0 Å². The summed E-state index contributed by atoms with van der Waals surface area (Å²) in [5.41, 5.74) is 6.19. The fourth-order valence-electron chi connectivity index (χ4n) is 10.3. The molecule has 3 nitrogen and oxygen atoms in total. The molecule has 0 atom stereocenters. The number of nitrogens with two attached hydrogens (primary N) is 1. The summed E-state index contributed by atoms with van der Waals surface area (Å²) in [6, 6.07) is 0. The Hall–Kier alpha value is -0.410. The van der Waals surface area contributed by atoms with Gasteiger partial charge in [-0.05, 0) is 161 Å². The second kappa shape index (κ2) is 12.1. The fourth-order valence-corrected chi connectivity index (χ4v) is 10.5. The van der Waals surface area contributed by atoms with Crippen LogP contribution in [0.4, 0.5) is 0 Å². The highest BCUT2D eigenvalue weighted by molar-refractivity contribution is 6.64. The van der Waals surface area contributed by atoms with Crippen LogP contribution in [0.15, 0.2) is 0 Å². The summed E-state index contributed by atoms with van der Waals surface area (Å²) in [7, 11) is 0. The number of ketones is 1. The lowest BCUT2D eigenvalue weighted by atomic mass is 9.48. The number of rotatable bonds is 6. The van der Waals surface area contributed by atoms with Gasteiger partial charge >= 0.3 is 0 Å². The maximum Gasteiger partial charge on any atom is 0.227 e. The molecule has 8 saturated carbocycles. The fraction of sp³-hybridized carbons (Fsp3) is 0.943. The van der Waals surface area contributed by atoms with Crippen LogP contribution < -0.4 is 5.73 Å². The Kier molecular flexibility index (Phi) is 9.75. The number of hydrogen-bond acceptors (Lipinski definition) is 3. The molecule has 0 aromatic rings. The molecule has 0 saturated heterocycles. The average molecular weight is 562 g/mol. The van der Waals surface area contributed by atoms with Crippen LogP contribution in [-0.2, 0) is 9.59 Å². The Labute approximate surface area is 245 Å². The second-order valence-electron chi connectivity index (χ2n) is 17.6. The van der Waals surface area contributed by atoms with Gasteiger partial charge in [-0.3, -0.25) is 9.59 Å². The average Bonchev–Trinajstić information content (AvgIpc) is 2.76. The lowest BCUT2D eigenvalue weighted by Crippen LogP contribution is -2.50. The van der Waals surface area contributed by atoms with Crippen LogP contribution in [0, 0.1) is 57.2 Å². The van der Waals surface area contributed by atoms with Crippen LogP contribution in [0.5, 0.6) is 0 Å². The van der Waals surface area contributed by atoms with E-state index in [1.54, 1.807) is 0 Å². The highest BCUT2D eigenvalue weighted by Gasteiger charge is 2.55. The van der Waals surface area contributed by atoms with E-state index in [4.69, 9.17) is 17.3 Å². The van der Waals surface area contributed by atoms with Crippen molar-refractivity contribution < 1.29 is 9.59 Å². The van der Waals surface area contributed by atoms with Gasteiger partial charge in [0, 0.05) is 17.3 Å². The maximum absolute atomic E-state index is 12.8. The molecule has 8 bridgehead atoms. The Balaban J connectivity index is 0.000000152. The van der Waals surface area contributed by atoms with Crippen molar-refractivity contribution in [3.63, 3.8) is 0 Å². The summed E-state index contributed by atoms with van der Waals surface area (Å²) in [6.07, 6.45) is 19.7. The molecule has 0 aromatic carbocycles. The zero-order valence-corrected chi connectivity index (χ0v) is 27.0. The zero-order chi connectivity index (χ0) is 28.6.